The molecule has 1 atom stereocenters. The average molecular weight is 345 g/mol. The summed E-state index contributed by atoms with van der Waals surface area (Å²) in [4.78, 5) is 30.0. The van der Waals surface area contributed by atoms with Gasteiger partial charge in [-0.2, -0.15) is 0 Å². The van der Waals surface area contributed by atoms with Crippen molar-refractivity contribution in [2.45, 2.75) is 6.04 Å². The fraction of sp³-hybridized carbons (Fsp3) is 0.353. The Morgan fingerprint density at radius 1 is 1.40 bits per heavy atom. The highest BCUT2D eigenvalue weighted by molar-refractivity contribution is 5.82. The Kier molecular flexibility index (Phi) is 5.08. The number of aryl methyl sites for hydroxylation is 1. The van der Waals surface area contributed by atoms with Crippen LogP contribution in [-0.4, -0.2) is 52.4 Å². The molecule has 132 valence electrons. The van der Waals surface area contributed by atoms with Crippen molar-refractivity contribution in [3.63, 3.8) is 0 Å². The van der Waals surface area contributed by atoms with Crippen LogP contribution in [0.4, 0.5) is 4.39 Å². The van der Waals surface area contributed by atoms with Crippen LogP contribution in [0, 0.1) is 5.82 Å². The third-order valence-electron chi connectivity index (χ3n) is 4.11. The third-order valence-corrected chi connectivity index (χ3v) is 4.11. The van der Waals surface area contributed by atoms with Gasteiger partial charge in [0.2, 0.25) is 11.8 Å². The first-order valence-corrected chi connectivity index (χ1v) is 8.04. The van der Waals surface area contributed by atoms with Crippen LogP contribution in [0.2, 0.25) is 0 Å². The number of hydrogen-bond donors (Lipinski definition) is 2. The van der Waals surface area contributed by atoms with Gasteiger partial charge in [0.05, 0.1) is 13.1 Å². The molecular formula is C17H20FN5O2. The van der Waals surface area contributed by atoms with Crippen molar-refractivity contribution in [3.05, 3.63) is 53.9 Å². The van der Waals surface area contributed by atoms with Gasteiger partial charge in [0.1, 0.15) is 17.7 Å². The lowest BCUT2D eigenvalue weighted by atomic mass is 10.1. The monoisotopic (exact) mass is 345 g/mol. The quantitative estimate of drug-likeness (QED) is 0.811. The summed E-state index contributed by atoms with van der Waals surface area (Å²) in [5, 5.41) is 5.67. The summed E-state index contributed by atoms with van der Waals surface area (Å²) in [7, 11) is 1.83. The molecule has 0 radical (unpaired) electrons. The Balaban J connectivity index is 1.75. The summed E-state index contributed by atoms with van der Waals surface area (Å²) in [6.07, 6.45) is 3.43. The van der Waals surface area contributed by atoms with Crippen molar-refractivity contribution in [1.82, 2.24) is 25.1 Å². The largest absolute Gasteiger partial charge is 0.354 e. The predicted octanol–water partition coefficient (Wildman–Crippen LogP) is 0.197. The minimum Gasteiger partial charge on any atom is -0.354 e. The van der Waals surface area contributed by atoms with Gasteiger partial charge >= 0.3 is 0 Å². The Bertz CT molecular complexity index is 759. The van der Waals surface area contributed by atoms with Gasteiger partial charge in [-0.05, 0) is 17.7 Å². The van der Waals surface area contributed by atoms with Crippen LogP contribution in [0.5, 0.6) is 0 Å². The lowest BCUT2D eigenvalue weighted by molar-refractivity contribution is -0.127. The molecule has 1 saturated heterocycles. The van der Waals surface area contributed by atoms with Crippen molar-refractivity contribution in [3.8, 4) is 0 Å². The summed E-state index contributed by atoms with van der Waals surface area (Å²) in [6, 6.07) is 5.47. The van der Waals surface area contributed by atoms with Gasteiger partial charge in [0.15, 0.2) is 0 Å². The molecule has 2 amide bonds. The summed E-state index contributed by atoms with van der Waals surface area (Å²) in [6.45, 7) is 1.49. The average Bonchev–Trinajstić information content (AvgIpc) is 2.99. The lowest BCUT2D eigenvalue weighted by Gasteiger charge is -2.27. The first-order valence-electron chi connectivity index (χ1n) is 8.04. The fourth-order valence-electron chi connectivity index (χ4n) is 2.84. The molecule has 8 heteroatoms. The second-order valence-electron chi connectivity index (χ2n) is 6.01. The van der Waals surface area contributed by atoms with Gasteiger partial charge in [0.25, 0.3) is 0 Å². The van der Waals surface area contributed by atoms with E-state index in [1.165, 1.54) is 12.1 Å². The molecule has 1 aromatic heterocycles. The Labute approximate surface area is 144 Å². The zero-order chi connectivity index (χ0) is 17.8. The van der Waals surface area contributed by atoms with E-state index in [-0.39, 0.29) is 30.7 Å². The van der Waals surface area contributed by atoms with Gasteiger partial charge in [-0.3, -0.25) is 14.5 Å². The van der Waals surface area contributed by atoms with E-state index in [0.29, 0.717) is 18.9 Å². The van der Waals surface area contributed by atoms with E-state index in [9.17, 15) is 14.0 Å². The highest BCUT2D eigenvalue weighted by Gasteiger charge is 2.23. The number of aromatic nitrogens is 2. The maximum absolute atomic E-state index is 13.2. The SMILES string of the molecule is Cn1ccnc1[C@H](NC(=O)CN1CCNC(=O)C1)c1ccc(F)cc1. The molecule has 0 unspecified atom stereocenters. The van der Waals surface area contributed by atoms with E-state index < -0.39 is 6.04 Å². The number of piperazine rings is 1. The first-order chi connectivity index (χ1) is 12.0. The zero-order valence-corrected chi connectivity index (χ0v) is 13.9. The van der Waals surface area contributed by atoms with Crippen LogP contribution in [0.15, 0.2) is 36.7 Å². The van der Waals surface area contributed by atoms with Crippen LogP contribution >= 0.6 is 0 Å². The number of halogens is 1. The highest BCUT2D eigenvalue weighted by atomic mass is 19.1. The topological polar surface area (TPSA) is 79.3 Å². The summed E-state index contributed by atoms with van der Waals surface area (Å²) < 4.78 is 15.0. The zero-order valence-electron chi connectivity index (χ0n) is 13.9. The van der Waals surface area contributed by atoms with E-state index in [4.69, 9.17) is 0 Å². The highest BCUT2D eigenvalue weighted by Crippen LogP contribution is 2.20. The molecule has 1 fully saturated rings. The van der Waals surface area contributed by atoms with E-state index in [1.807, 2.05) is 11.6 Å². The maximum atomic E-state index is 13.2. The number of nitrogens with zero attached hydrogens (tertiary/aromatic N) is 3. The third kappa shape index (κ3) is 4.21. The molecule has 25 heavy (non-hydrogen) atoms. The number of carbonyl (C=O) groups excluding carboxylic acids is 2. The first kappa shape index (κ1) is 17.1. The van der Waals surface area contributed by atoms with E-state index >= 15 is 0 Å². The number of rotatable bonds is 5. The van der Waals surface area contributed by atoms with E-state index in [2.05, 4.69) is 15.6 Å². The molecule has 0 saturated carbocycles. The normalized spacial score (nSPS) is 16.3. The van der Waals surface area contributed by atoms with E-state index in [0.717, 1.165) is 5.56 Å². The van der Waals surface area contributed by atoms with Crippen LogP contribution < -0.4 is 10.6 Å². The van der Waals surface area contributed by atoms with Crippen molar-refractivity contribution in [2.24, 2.45) is 7.05 Å². The van der Waals surface area contributed by atoms with Crippen molar-refractivity contribution < 1.29 is 14.0 Å². The molecule has 7 nitrogen and oxygen atoms in total. The molecule has 1 aliphatic rings. The Hall–Kier alpha value is -2.74. The number of imidazole rings is 1. The molecular weight excluding hydrogens is 325 g/mol. The minimum atomic E-state index is -0.494. The standard InChI is InChI=1S/C17H20FN5O2/c1-22-8-6-20-17(22)16(12-2-4-13(18)5-3-12)21-15(25)11-23-9-7-19-14(24)10-23/h2-6,8,16H,7,9-11H2,1H3,(H,19,24)(H,21,25)/t16-/m1/s1. The molecule has 2 N–H and O–H groups in total. The van der Waals surface area contributed by atoms with Gasteiger partial charge in [0, 0.05) is 32.5 Å². The molecule has 2 heterocycles. The predicted molar refractivity (Wildman–Crippen MR) is 89.0 cm³/mol. The van der Waals surface area contributed by atoms with Crippen LogP contribution in [0.25, 0.3) is 0 Å². The molecule has 3 rings (SSSR count). The minimum absolute atomic E-state index is 0.0850. The van der Waals surface area contributed by atoms with Gasteiger partial charge in [-0.1, -0.05) is 12.1 Å². The Morgan fingerprint density at radius 2 is 2.16 bits per heavy atom. The number of hydrogen-bond acceptors (Lipinski definition) is 4. The second kappa shape index (κ2) is 7.43. The molecule has 2 aromatic rings. The number of benzene rings is 1. The Morgan fingerprint density at radius 3 is 2.80 bits per heavy atom. The summed E-state index contributed by atoms with van der Waals surface area (Å²) in [5.41, 5.74) is 0.737. The summed E-state index contributed by atoms with van der Waals surface area (Å²) in [5.74, 6) is 0.00889. The van der Waals surface area contributed by atoms with Crippen LogP contribution in [0.1, 0.15) is 17.4 Å². The van der Waals surface area contributed by atoms with Crippen LogP contribution in [0.3, 0.4) is 0 Å². The van der Waals surface area contributed by atoms with Crippen molar-refractivity contribution in [2.75, 3.05) is 26.2 Å². The molecule has 0 bridgehead atoms. The fourth-order valence-corrected chi connectivity index (χ4v) is 2.84. The van der Waals surface area contributed by atoms with Crippen molar-refractivity contribution in [1.29, 1.82) is 0 Å². The number of nitrogens with one attached hydrogen (secondary N) is 2. The number of amides is 2. The molecule has 1 aliphatic heterocycles. The van der Waals surface area contributed by atoms with Gasteiger partial charge in [-0.15, -0.1) is 0 Å². The number of carbonyl (C=O) groups is 2. The summed E-state index contributed by atoms with van der Waals surface area (Å²) >= 11 is 0. The molecule has 0 spiro atoms. The lowest BCUT2D eigenvalue weighted by Crippen LogP contribution is -2.51. The second-order valence-corrected chi connectivity index (χ2v) is 6.01. The van der Waals surface area contributed by atoms with Crippen molar-refractivity contribution >= 4 is 11.8 Å². The van der Waals surface area contributed by atoms with Crippen LogP contribution in [-0.2, 0) is 16.6 Å². The van der Waals surface area contributed by atoms with Gasteiger partial charge in [-0.25, -0.2) is 9.37 Å². The van der Waals surface area contributed by atoms with Gasteiger partial charge < -0.3 is 15.2 Å². The molecule has 0 aliphatic carbocycles. The smallest absolute Gasteiger partial charge is 0.235 e. The molecule has 1 aromatic carbocycles. The maximum Gasteiger partial charge on any atom is 0.235 e. The van der Waals surface area contributed by atoms with E-state index in [1.54, 1.807) is 29.4 Å².